The second-order valence-corrected chi connectivity index (χ2v) is 4.15. The number of hydrogen-bond donors (Lipinski definition) is 2. The molecule has 21 heavy (non-hydrogen) atoms. The molecule has 0 radical (unpaired) electrons. The van der Waals surface area contributed by atoms with Gasteiger partial charge in [-0.3, -0.25) is 14.9 Å². The number of benzene rings is 1. The van der Waals surface area contributed by atoms with Crippen LogP contribution in [-0.2, 0) is 4.79 Å². The van der Waals surface area contributed by atoms with Crippen LogP contribution >= 0.6 is 0 Å². The fraction of sp³-hybridized carbons (Fsp3) is 0. The van der Waals surface area contributed by atoms with Gasteiger partial charge in [-0.2, -0.15) is 0 Å². The second-order valence-electron chi connectivity index (χ2n) is 4.15. The lowest BCUT2D eigenvalue weighted by Crippen LogP contribution is -2.08. The average Bonchev–Trinajstić information content (AvgIpc) is 2.48. The first-order valence-corrected chi connectivity index (χ1v) is 5.99. The largest absolute Gasteiger partial charge is 0.384 e. The molecule has 0 spiro atoms. The zero-order chi connectivity index (χ0) is 15.2. The van der Waals surface area contributed by atoms with Gasteiger partial charge in [0.2, 0.25) is 5.91 Å². The van der Waals surface area contributed by atoms with Gasteiger partial charge in [0.1, 0.15) is 5.82 Å². The van der Waals surface area contributed by atoms with Gasteiger partial charge in [-0.15, -0.1) is 0 Å². The Balaban J connectivity index is 2.03. The standard InChI is InChI=1S/C14H12N4O3/c15-13-6-5-11(9-16-13)17-14(19)7-4-10-2-1-3-12(8-10)18(20)21/h1-9H,(H2,15,16)(H,17,19). The van der Waals surface area contributed by atoms with Crippen molar-refractivity contribution in [3.63, 3.8) is 0 Å². The Morgan fingerprint density at radius 3 is 2.81 bits per heavy atom. The lowest BCUT2D eigenvalue weighted by Gasteiger charge is -2.01. The van der Waals surface area contributed by atoms with Crippen molar-refractivity contribution in [3.05, 3.63) is 64.3 Å². The van der Waals surface area contributed by atoms with E-state index >= 15 is 0 Å². The minimum Gasteiger partial charge on any atom is -0.384 e. The van der Waals surface area contributed by atoms with Gasteiger partial charge >= 0.3 is 0 Å². The molecule has 0 aliphatic carbocycles. The van der Waals surface area contributed by atoms with Crippen molar-refractivity contribution in [3.8, 4) is 0 Å². The highest BCUT2D eigenvalue weighted by molar-refractivity contribution is 6.01. The number of rotatable bonds is 4. The summed E-state index contributed by atoms with van der Waals surface area (Å²) in [6.07, 6.45) is 4.22. The van der Waals surface area contributed by atoms with Crippen LogP contribution in [0.25, 0.3) is 6.08 Å². The molecule has 0 aliphatic rings. The molecule has 3 N–H and O–H groups in total. The van der Waals surface area contributed by atoms with Crippen molar-refractivity contribution in [1.82, 2.24) is 4.98 Å². The summed E-state index contributed by atoms with van der Waals surface area (Å²) in [4.78, 5) is 25.7. The fourth-order valence-electron chi connectivity index (χ4n) is 1.58. The quantitative estimate of drug-likeness (QED) is 0.508. The molecule has 2 rings (SSSR count). The number of carbonyl (C=O) groups is 1. The summed E-state index contributed by atoms with van der Waals surface area (Å²) in [7, 11) is 0. The molecule has 0 aliphatic heterocycles. The summed E-state index contributed by atoms with van der Waals surface area (Å²) >= 11 is 0. The SMILES string of the molecule is Nc1ccc(NC(=O)C=Cc2cccc([N+](=O)[O-])c2)cn1. The van der Waals surface area contributed by atoms with Gasteiger partial charge in [-0.1, -0.05) is 12.1 Å². The maximum Gasteiger partial charge on any atom is 0.270 e. The second kappa shape index (κ2) is 6.29. The van der Waals surface area contributed by atoms with Gasteiger partial charge < -0.3 is 11.1 Å². The smallest absolute Gasteiger partial charge is 0.270 e. The van der Waals surface area contributed by atoms with E-state index in [1.807, 2.05) is 0 Å². The van der Waals surface area contributed by atoms with Crippen LogP contribution in [0.3, 0.4) is 0 Å². The lowest BCUT2D eigenvalue weighted by molar-refractivity contribution is -0.384. The van der Waals surface area contributed by atoms with E-state index in [4.69, 9.17) is 5.73 Å². The van der Waals surface area contributed by atoms with Crippen molar-refractivity contribution in [2.24, 2.45) is 0 Å². The minimum atomic E-state index is -0.489. The summed E-state index contributed by atoms with van der Waals surface area (Å²) in [5.41, 5.74) is 6.49. The molecule has 0 saturated carbocycles. The zero-order valence-electron chi connectivity index (χ0n) is 10.9. The summed E-state index contributed by atoms with van der Waals surface area (Å²) in [5.74, 6) is -0.00628. The first-order chi connectivity index (χ1) is 10.0. The maximum atomic E-state index is 11.7. The normalized spacial score (nSPS) is 10.5. The molecular formula is C14H12N4O3. The number of hydrogen-bond acceptors (Lipinski definition) is 5. The van der Waals surface area contributed by atoms with E-state index in [2.05, 4.69) is 10.3 Å². The van der Waals surface area contributed by atoms with Crippen LogP contribution in [0, 0.1) is 10.1 Å². The highest BCUT2D eigenvalue weighted by Gasteiger charge is 2.04. The van der Waals surface area contributed by atoms with Crippen molar-refractivity contribution in [1.29, 1.82) is 0 Å². The van der Waals surface area contributed by atoms with Gasteiger partial charge in [0.15, 0.2) is 0 Å². The number of anilines is 2. The molecule has 7 nitrogen and oxygen atoms in total. The maximum absolute atomic E-state index is 11.7. The van der Waals surface area contributed by atoms with Crippen molar-refractivity contribution in [2.75, 3.05) is 11.1 Å². The molecule has 1 aromatic heterocycles. The Morgan fingerprint density at radius 2 is 2.14 bits per heavy atom. The van der Waals surface area contributed by atoms with E-state index in [9.17, 15) is 14.9 Å². The molecule has 7 heteroatoms. The number of nitro groups is 1. The monoisotopic (exact) mass is 284 g/mol. The number of nitrogens with zero attached hydrogens (tertiary/aromatic N) is 2. The van der Waals surface area contributed by atoms with E-state index in [0.29, 0.717) is 17.1 Å². The molecule has 0 fully saturated rings. The van der Waals surface area contributed by atoms with E-state index in [1.165, 1.54) is 30.5 Å². The molecule has 2 aromatic rings. The van der Waals surface area contributed by atoms with Crippen LogP contribution in [0.2, 0.25) is 0 Å². The number of pyridine rings is 1. The van der Waals surface area contributed by atoms with Gasteiger partial charge in [-0.25, -0.2) is 4.98 Å². The van der Waals surface area contributed by atoms with E-state index in [1.54, 1.807) is 24.3 Å². The lowest BCUT2D eigenvalue weighted by atomic mass is 10.2. The Hall–Kier alpha value is -3.22. The highest BCUT2D eigenvalue weighted by Crippen LogP contribution is 2.14. The summed E-state index contributed by atoms with van der Waals surface area (Å²) in [5, 5.41) is 13.2. The third kappa shape index (κ3) is 4.13. The molecule has 1 aromatic carbocycles. The van der Waals surface area contributed by atoms with Crippen LogP contribution in [0.15, 0.2) is 48.7 Å². The number of nitrogen functional groups attached to an aromatic ring is 1. The predicted molar refractivity (Wildman–Crippen MR) is 79.4 cm³/mol. The first-order valence-electron chi connectivity index (χ1n) is 5.99. The third-order valence-corrected chi connectivity index (χ3v) is 2.56. The number of nitro benzene ring substituents is 1. The molecule has 106 valence electrons. The van der Waals surface area contributed by atoms with Gasteiger partial charge in [0.25, 0.3) is 5.69 Å². The minimum absolute atomic E-state index is 0.0275. The molecule has 0 unspecified atom stereocenters. The number of nitrogens with two attached hydrogens (primary N) is 1. The Morgan fingerprint density at radius 1 is 1.33 bits per heavy atom. The molecule has 0 saturated heterocycles. The topological polar surface area (TPSA) is 111 Å². The van der Waals surface area contributed by atoms with Gasteiger partial charge in [-0.05, 0) is 23.8 Å². The van der Waals surface area contributed by atoms with Crippen LogP contribution in [0.1, 0.15) is 5.56 Å². The Bertz CT molecular complexity index is 696. The van der Waals surface area contributed by atoms with Crippen LogP contribution in [0.5, 0.6) is 0 Å². The van der Waals surface area contributed by atoms with Gasteiger partial charge in [0.05, 0.1) is 16.8 Å². The van der Waals surface area contributed by atoms with Crippen molar-refractivity contribution < 1.29 is 9.72 Å². The number of non-ortho nitro benzene ring substituents is 1. The number of nitrogens with one attached hydrogen (secondary N) is 1. The fourth-order valence-corrected chi connectivity index (χ4v) is 1.58. The number of aromatic nitrogens is 1. The summed E-state index contributed by atoms with van der Waals surface area (Å²) in [6.45, 7) is 0. The van der Waals surface area contributed by atoms with Crippen LogP contribution in [-0.4, -0.2) is 15.8 Å². The van der Waals surface area contributed by atoms with Gasteiger partial charge in [0, 0.05) is 18.2 Å². The van der Waals surface area contributed by atoms with E-state index in [0.717, 1.165) is 0 Å². The first kappa shape index (κ1) is 14.2. The third-order valence-electron chi connectivity index (χ3n) is 2.56. The van der Waals surface area contributed by atoms with Crippen LogP contribution < -0.4 is 11.1 Å². The highest BCUT2D eigenvalue weighted by atomic mass is 16.6. The summed E-state index contributed by atoms with van der Waals surface area (Å²) < 4.78 is 0. The molecular weight excluding hydrogens is 272 g/mol. The predicted octanol–water partition coefficient (Wildman–Crippen LogP) is 2.22. The number of amides is 1. The van der Waals surface area contributed by atoms with Crippen molar-refractivity contribution in [2.45, 2.75) is 0 Å². The zero-order valence-corrected chi connectivity index (χ0v) is 10.9. The molecule has 0 bridgehead atoms. The van der Waals surface area contributed by atoms with Crippen molar-refractivity contribution >= 4 is 29.2 Å². The molecule has 1 heterocycles. The van der Waals surface area contributed by atoms with Crippen LogP contribution in [0.4, 0.5) is 17.2 Å². The Labute approximate surface area is 120 Å². The summed E-state index contributed by atoms with van der Waals surface area (Å²) in [6, 6.07) is 9.19. The molecule has 1 amide bonds. The van der Waals surface area contributed by atoms with E-state index < -0.39 is 4.92 Å². The van der Waals surface area contributed by atoms with E-state index in [-0.39, 0.29) is 11.6 Å². The average molecular weight is 284 g/mol. The Kier molecular flexibility index (Phi) is 4.25. The molecule has 0 atom stereocenters. The number of carbonyl (C=O) groups excluding carboxylic acids is 1.